The van der Waals surface area contributed by atoms with Crippen LogP contribution in [0.15, 0.2) is 48.7 Å². The number of hydrogen-bond acceptors (Lipinski definition) is 2. The Morgan fingerprint density at radius 3 is 2.64 bits per heavy atom. The summed E-state index contributed by atoms with van der Waals surface area (Å²) in [6, 6.07) is 12.2. The second-order valence-corrected chi connectivity index (χ2v) is 7.55. The fourth-order valence-corrected chi connectivity index (χ4v) is 4.20. The van der Waals surface area contributed by atoms with Crippen LogP contribution >= 0.6 is 11.6 Å². The van der Waals surface area contributed by atoms with Crippen molar-refractivity contribution in [2.45, 2.75) is 25.3 Å². The van der Waals surface area contributed by atoms with Crippen LogP contribution in [0.3, 0.4) is 0 Å². The van der Waals surface area contributed by atoms with Crippen LogP contribution in [-0.4, -0.2) is 34.7 Å². The van der Waals surface area contributed by atoms with Crippen molar-refractivity contribution >= 4 is 34.7 Å². The molecular weight excluding hydrogens is 379 g/mol. The SMILES string of the molecule is O=CCn1cc(C(=O)N2CCC(c3ccccc3F)CC2)c2ccc(Cl)cc21. The van der Waals surface area contributed by atoms with Crippen LogP contribution < -0.4 is 0 Å². The van der Waals surface area contributed by atoms with Crippen LogP contribution in [0.1, 0.15) is 34.7 Å². The minimum absolute atomic E-state index is 0.0658. The van der Waals surface area contributed by atoms with Crippen LogP contribution in [0, 0.1) is 5.82 Å². The predicted octanol–water partition coefficient (Wildman–Crippen LogP) is 4.65. The normalized spacial score (nSPS) is 15.1. The number of fused-ring (bicyclic) bond motifs is 1. The minimum Gasteiger partial charge on any atom is -0.339 e. The first-order valence-corrected chi connectivity index (χ1v) is 9.72. The molecule has 28 heavy (non-hydrogen) atoms. The molecule has 1 aromatic heterocycles. The molecule has 4 rings (SSSR count). The van der Waals surface area contributed by atoms with Crippen molar-refractivity contribution in [2.24, 2.45) is 0 Å². The average Bonchev–Trinajstić information content (AvgIpc) is 3.06. The maximum absolute atomic E-state index is 14.1. The van der Waals surface area contributed by atoms with Crippen molar-refractivity contribution in [3.63, 3.8) is 0 Å². The number of hydrogen-bond donors (Lipinski definition) is 0. The van der Waals surface area contributed by atoms with Gasteiger partial charge in [0.1, 0.15) is 12.1 Å². The Morgan fingerprint density at radius 2 is 1.93 bits per heavy atom. The highest BCUT2D eigenvalue weighted by Gasteiger charge is 2.27. The molecule has 0 aliphatic carbocycles. The summed E-state index contributed by atoms with van der Waals surface area (Å²) in [5, 5.41) is 1.34. The second kappa shape index (κ2) is 7.76. The number of halogens is 2. The van der Waals surface area contributed by atoms with Gasteiger partial charge in [-0.05, 0) is 42.5 Å². The van der Waals surface area contributed by atoms with Crippen molar-refractivity contribution < 1.29 is 14.0 Å². The molecule has 0 N–H and O–H groups in total. The summed E-state index contributed by atoms with van der Waals surface area (Å²) < 4.78 is 15.8. The van der Waals surface area contributed by atoms with Gasteiger partial charge in [-0.1, -0.05) is 35.9 Å². The number of carbonyl (C=O) groups excluding carboxylic acids is 2. The fourth-order valence-electron chi connectivity index (χ4n) is 4.04. The number of nitrogens with zero attached hydrogens (tertiary/aromatic N) is 2. The Bertz CT molecular complexity index is 1040. The Labute approximate surface area is 167 Å². The lowest BCUT2D eigenvalue weighted by Gasteiger charge is -2.32. The van der Waals surface area contributed by atoms with Crippen LogP contribution in [0.2, 0.25) is 5.02 Å². The number of aldehydes is 1. The van der Waals surface area contributed by atoms with Crippen molar-refractivity contribution in [1.82, 2.24) is 9.47 Å². The van der Waals surface area contributed by atoms with Gasteiger partial charge in [-0.2, -0.15) is 0 Å². The van der Waals surface area contributed by atoms with Crippen molar-refractivity contribution in [1.29, 1.82) is 0 Å². The van der Waals surface area contributed by atoms with Gasteiger partial charge in [0.25, 0.3) is 5.91 Å². The van der Waals surface area contributed by atoms with Gasteiger partial charge in [0.05, 0.1) is 17.6 Å². The highest BCUT2D eigenvalue weighted by atomic mass is 35.5. The number of likely N-dealkylation sites (tertiary alicyclic amines) is 1. The number of piperidine rings is 1. The summed E-state index contributed by atoms with van der Waals surface area (Å²) in [6.45, 7) is 1.32. The second-order valence-electron chi connectivity index (χ2n) is 7.11. The van der Waals surface area contributed by atoms with E-state index in [1.807, 2.05) is 23.1 Å². The van der Waals surface area contributed by atoms with Gasteiger partial charge in [0.15, 0.2) is 0 Å². The Morgan fingerprint density at radius 1 is 1.18 bits per heavy atom. The Balaban J connectivity index is 1.56. The number of benzene rings is 2. The van der Waals surface area contributed by atoms with Gasteiger partial charge in [0, 0.05) is 29.7 Å². The summed E-state index contributed by atoms with van der Waals surface area (Å²) in [4.78, 5) is 26.0. The first kappa shape index (κ1) is 18.7. The number of carbonyl (C=O) groups is 2. The van der Waals surface area contributed by atoms with E-state index in [0.717, 1.165) is 35.6 Å². The molecule has 0 atom stereocenters. The van der Waals surface area contributed by atoms with E-state index in [1.54, 1.807) is 29.0 Å². The molecule has 3 aromatic rings. The van der Waals surface area contributed by atoms with Crippen LogP contribution in [-0.2, 0) is 11.3 Å². The van der Waals surface area contributed by atoms with Crippen molar-refractivity contribution in [2.75, 3.05) is 13.1 Å². The lowest BCUT2D eigenvalue weighted by molar-refractivity contribution is -0.108. The number of aromatic nitrogens is 1. The maximum atomic E-state index is 14.1. The molecule has 144 valence electrons. The van der Waals surface area contributed by atoms with Gasteiger partial charge >= 0.3 is 0 Å². The molecule has 1 amide bonds. The third kappa shape index (κ3) is 3.42. The molecule has 2 heterocycles. The summed E-state index contributed by atoms with van der Waals surface area (Å²) in [7, 11) is 0. The highest BCUT2D eigenvalue weighted by Crippen LogP contribution is 2.32. The molecule has 0 unspecified atom stereocenters. The van der Waals surface area contributed by atoms with Crippen LogP contribution in [0.5, 0.6) is 0 Å². The molecule has 0 saturated carbocycles. The van der Waals surface area contributed by atoms with Gasteiger partial charge < -0.3 is 14.3 Å². The number of rotatable bonds is 4. The average molecular weight is 399 g/mol. The molecule has 0 spiro atoms. The molecule has 0 bridgehead atoms. The Kier molecular flexibility index (Phi) is 5.18. The molecule has 4 nitrogen and oxygen atoms in total. The van der Waals surface area contributed by atoms with E-state index < -0.39 is 0 Å². The van der Waals surface area contributed by atoms with E-state index in [4.69, 9.17) is 11.6 Å². The van der Waals surface area contributed by atoms with E-state index in [-0.39, 0.29) is 24.2 Å². The standard InChI is InChI=1S/C22H20ClFN2O2/c23-16-5-6-18-19(14-26(11-12-27)21(18)13-16)22(28)25-9-7-15(8-10-25)17-3-1-2-4-20(17)24/h1-6,12-15H,7-11H2. The smallest absolute Gasteiger partial charge is 0.256 e. The molecule has 1 fully saturated rings. The van der Waals surface area contributed by atoms with Gasteiger partial charge in [-0.3, -0.25) is 4.79 Å². The number of amides is 1. The first-order chi connectivity index (χ1) is 13.6. The van der Waals surface area contributed by atoms with E-state index in [0.29, 0.717) is 23.7 Å². The van der Waals surface area contributed by atoms with E-state index in [1.165, 1.54) is 6.07 Å². The summed E-state index contributed by atoms with van der Waals surface area (Å²) in [5.41, 5.74) is 2.06. The predicted molar refractivity (Wildman–Crippen MR) is 107 cm³/mol. The summed E-state index contributed by atoms with van der Waals surface area (Å²) in [5.74, 6) is -0.120. The van der Waals surface area contributed by atoms with Crippen LogP contribution in [0.25, 0.3) is 10.9 Å². The van der Waals surface area contributed by atoms with E-state index >= 15 is 0 Å². The van der Waals surface area contributed by atoms with Gasteiger partial charge in [-0.25, -0.2) is 4.39 Å². The monoisotopic (exact) mass is 398 g/mol. The van der Waals surface area contributed by atoms with Crippen molar-refractivity contribution in [3.8, 4) is 0 Å². The lowest BCUT2D eigenvalue weighted by atomic mass is 9.89. The van der Waals surface area contributed by atoms with Gasteiger partial charge in [-0.15, -0.1) is 0 Å². The third-order valence-electron chi connectivity index (χ3n) is 5.47. The molecule has 1 aliphatic rings. The molecule has 1 aliphatic heterocycles. The lowest BCUT2D eigenvalue weighted by Crippen LogP contribution is -2.38. The molecular formula is C22H20ClFN2O2. The minimum atomic E-state index is -0.180. The highest BCUT2D eigenvalue weighted by molar-refractivity contribution is 6.31. The van der Waals surface area contributed by atoms with E-state index in [2.05, 4.69) is 0 Å². The molecule has 0 radical (unpaired) electrons. The first-order valence-electron chi connectivity index (χ1n) is 9.34. The van der Waals surface area contributed by atoms with E-state index in [9.17, 15) is 14.0 Å². The summed E-state index contributed by atoms with van der Waals surface area (Å²) in [6.07, 6.45) is 3.98. The zero-order valence-electron chi connectivity index (χ0n) is 15.3. The Hall–Kier alpha value is -2.66. The zero-order valence-corrected chi connectivity index (χ0v) is 16.0. The molecule has 1 saturated heterocycles. The van der Waals surface area contributed by atoms with Crippen molar-refractivity contribution in [3.05, 3.63) is 70.6 Å². The summed E-state index contributed by atoms with van der Waals surface area (Å²) >= 11 is 6.09. The molecule has 2 aromatic carbocycles. The maximum Gasteiger partial charge on any atom is 0.256 e. The topological polar surface area (TPSA) is 42.3 Å². The third-order valence-corrected chi connectivity index (χ3v) is 5.71. The van der Waals surface area contributed by atoms with Gasteiger partial charge in [0.2, 0.25) is 0 Å². The fraction of sp³-hybridized carbons (Fsp3) is 0.273. The molecule has 6 heteroatoms. The van der Waals surface area contributed by atoms with Crippen LogP contribution in [0.4, 0.5) is 4.39 Å². The largest absolute Gasteiger partial charge is 0.339 e. The quantitative estimate of drug-likeness (QED) is 0.600. The zero-order chi connectivity index (χ0) is 19.7.